The fourth-order valence-electron chi connectivity index (χ4n) is 2.49. The Labute approximate surface area is 193 Å². The zero-order valence-corrected chi connectivity index (χ0v) is 17.8. The highest BCUT2D eigenvalue weighted by Gasteiger charge is 2.14. The van der Waals surface area contributed by atoms with Crippen LogP contribution in [0.15, 0.2) is 77.9 Å². The van der Waals surface area contributed by atoms with Crippen LogP contribution in [-0.2, 0) is 14.4 Å². The molecule has 3 rings (SSSR count). The Balaban J connectivity index is 1.43. The summed E-state index contributed by atoms with van der Waals surface area (Å²) in [6.45, 7) is -0.191. The van der Waals surface area contributed by atoms with Crippen LogP contribution in [0, 0.1) is 5.82 Å². The van der Waals surface area contributed by atoms with Crippen molar-refractivity contribution >= 4 is 46.9 Å². The van der Waals surface area contributed by atoms with Crippen LogP contribution in [0.5, 0.6) is 5.75 Å². The topological polar surface area (TPSA) is 109 Å². The Morgan fingerprint density at radius 1 is 0.909 bits per heavy atom. The molecule has 0 fully saturated rings. The van der Waals surface area contributed by atoms with Crippen molar-refractivity contribution < 1.29 is 23.5 Å². The number of hydrogen-bond acceptors (Lipinski definition) is 5. The normalized spacial score (nSPS) is 10.5. The predicted molar refractivity (Wildman–Crippen MR) is 123 cm³/mol. The van der Waals surface area contributed by atoms with Gasteiger partial charge in [-0.1, -0.05) is 23.7 Å². The third kappa shape index (κ3) is 7.44. The van der Waals surface area contributed by atoms with Crippen LogP contribution in [0.1, 0.15) is 5.56 Å². The van der Waals surface area contributed by atoms with E-state index in [9.17, 15) is 18.8 Å². The van der Waals surface area contributed by atoms with E-state index in [1.807, 2.05) is 0 Å². The highest BCUT2D eigenvalue weighted by atomic mass is 35.5. The molecule has 0 unspecified atom stereocenters. The lowest BCUT2D eigenvalue weighted by Crippen LogP contribution is -2.32. The maximum Gasteiger partial charge on any atom is 0.329 e. The maximum atomic E-state index is 13.5. The first-order valence-electron chi connectivity index (χ1n) is 9.58. The Kier molecular flexibility index (Phi) is 8.09. The molecule has 0 saturated heterocycles. The average Bonchev–Trinajstić information content (AvgIpc) is 2.81. The van der Waals surface area contributed by atoms with Crippen LogP contribution in [0.4, 0.5) is 15.8 Å². The first-order chi connectivity index (χ1) is 15.9. The van der Waals surface area contributed by atoms with Crippen LogP contribution in [-0.4, -0.2) is 30.5 Å². The molecule has 3 N–H and O–H groups in total. The maximum absolute atomic E-state index is 13.5. The molecule has 8 nitrogen and oxygen atoms in total. The molecule has 3 aromatic rings. The lowest BCUT2D eigenvalue weighted by Gasteiger charge is -2.08. The van der Waals surface area contributed by atoms with Crippen molar-refractivity contribution in [2.75, 3.05) is 17.2 Å². The number of nitrogens with one attached hydrogen (secondary N) is 3. The largest absolute Gasteiger partial charge is 0.484 e. The van der Waals surface area contributed by atoms with Gasteiger partial charge in [0, 0.05) is 10.7 Å². The van der Waals surface area contributed by atoms with Gasteiger partial charge in [0.05, 0.1) is 11.9 Å². The first-order valence-corrected chi connectivity index (χ1v) is 9.96. The number of amides is 3. The Morgan fingerprint density at radius 2 is 1.61 bits per heavy atom. The molecule has 3 aromatic carbocycles. The minimum atomic E-state index is -1.06. The summed E-state index contributed by atoms with van der Waals surface area (Å²) < 4.78 is 18.9. The van der Waals surface area contributed by atoms with Crippen LogP contribution >= 0.6 is 11.6 Å². The van der Waals surface area contributed by atoms with E-state index in [2.05, 4.69) is 21.2 Å². The highest BCUT2D eigenvalue weighted by molar-refractivity contribution is 6.39. The van der Waals surface area contributed by atoms with Crippen molar-refractivity contribution in [2.24, 2.45) is 5.10 Å². The van der Waals surface area contributed by atoms with E-state index in [0.29, 0.717) is 22.0 Å². The Morgan fingerprint density at radius 3 is 2.30 bits per heavy atom. The molecule has 0 aliphatic carbocycles. The van der Waals surface area contributed by atoms with Gasteiger partial charge >= 0.3 is 11.8 Å². The lowest BCUT2D eigenvalue weighted by atomic mass is 10.2. The van der Waals surface area contributed by atoms with Gasteiger partial charge in [-0.25, -0.2) is 9.82 Å². The number of hydrazone groups is 1. The third-order valence-electron chi connectivity index (χ3n) is 4.09. The molecular weight excluding hydrogens is 451 g/mol. The molecule has 10 heteroatoms. The van der Waals surface area contributed by atoms with E-state index in [4.69, 9.17) is 16.3 Å². The molecule has 0 radical (unpaired) electrons. The zero-order chi connectivity index (χ0) is 23.6. The predicted octanol–water partition coefficient (Wildman–Crippen LogP) is 3.59. The molecule has 0 atom stereocenters. The van der Waals surface area contributed by atoms with Gasteiger partial charge < -0.3 is 15.4 Å². The number of benzene rings is 3. The summed E-state index contributed by atoms with van der Waals surface area (Å²) in [5.41, 5.74) is 3.14. The summed E-state index contributed by atoms with van der Waals surface area (Å²) in [6, 6.07) is 18.7. The smallest absolute Gasteiger partial charge is 0.329 e. The van der Waals surface area contributed by atoms with Crippen molar-refractivity contribution in [2.45, 2.75) is 0 Å². The molecule has 0 bridgehead atoms. The molecule has 0 heterocycles. The second kappa shape index (κ2) is 11.4. The van der Waals surface area contributed by atoms with Gasteiger partial charge in [0.25, 0.3) is 5.91 Å². The summed E-state index contributed by atoms with van der Waals surface area (Å²) in [5, 5.41) is 9.09. The van der Waals surface area contributed by atoms with E-state index in [0.717, 1.165) is 6.07 Å². The van der Waals surface area contributed by atoms with Gasteiger partial charge in [0.1, 0.15) is 11.6 Å². The van der Waals surface area contributed by atoms with Gasteiger partial charge in [-0.05, 0) is 66.2 Å². The number of anilines is 2. The molecule has 0 spiro atoms. The number of carbonyl (C=O) groups excluding carboxylic acids is 3. The Bertz CT molecular complexity index is 1170. The Hall–Kier alpha value is -4.24. The van der Waals surface area contributed by atoms with E-state index in [-0.39, 0.29) is 18.2 Å². The molecule has 168 valence electrons. The van der Waals surface area contributed by atoms with E-state index >= 15 is 0 Å². The number of halogens is 2. The van der Waals surface area contributed by atoms with E-state index < -0.39 is 17.6 Å². The summed E-state index contributed by atoms with van der Waals surface area (Å²) in [7, 11) is 0. The molecule has 3 amide bonds. The number of para-hydroxylation sites is 1. The molecule has 0 aliphatic rings. The van der Waals surface area contributed by atoms with Crippen LogP contribution < -0.4 is 20.8 Å². The van der Waals surface area contributed by atoms with E-state index in [1.54, 1.807) is 48.5 Å². The molecule has 0 saturated carbocycles. The number of rotatable bonds is 7. The second-order valence-corrected chi connectivity index (χ2v) is 6.98. The van der Waals surface area contributed by atoms with Gasteiger partial charge in [-0.15, -0.1) is 0 Å². The van der Waals surface area contributed by atoms with Crippen molar-refractivity contribution in [1.29, 1.82) is 0 Å². The summed E-state index contributed by atoms with van der Waals surface area (Å²) in [6.07, 6.45) is 1.31. The highest BCUT2D eigenvalue weighted by Crippen LogP contribution is 2.14. The minimum absolute atomic E-state index is 0.112. The summed E-state index contributed by atoms with van der Waals surface area (Å²) in [4.78, 5) is 35.5. The molecule has 0 aliphatic heterocycles. The van der Waals surface area contributed by atoms with Crippen molar-refractivity contribution in [3.8, 4) is 5.75 Å². The summed E-state index contributed by atoms with van der Waals surface area (Å²) in [5.74, 6) is -2.66. The van der Waals surface area contributed by atoms with Gasteiger partial charge in [0.2, 0.25) is 0 Å². The SMILES string of the molecule is O=C(COc1ccc(/C=N\NC(=O)C(=O)Nc2ccccc2F)cc1)Nc1ccc(Cl)cc1. The number of ether oxygens (including phenoxy) is 1. The van der Waals surface area contributed by atoms with Crippen molar-refractivity contribution in [1.82, 2.24) is 5.43 Å². The van der Waals surface area contributed by atoms with Crippen LogP contribution in [0.2, 0.25) is 5.02 Å². The fraction of sp³-hybridized carbons (Fsp3) is 0.0435. The second-order valence-electron chi connectivity index (χ2n) is 6.55. The van der Waals surface area contributed by atoms with E-state index in [1.165, 1.54) is 24.4 Å². The monoisotopic (exact) mass is 468 g/mol. The van der Waals surface area contributed by atoms with Crippen LogP contribution in [0.3, 0.4) is 0 Å². The lowest BCUT2D eigenvalue weighted by molar-refractivity contribution is -0.136. The van der Waals surface area contributed by atoms with Gasteiger partial charge in [-0.3, -0.25) is 14.4 Å². The first kappa shape index (κ1) is 23.4. The average molecular weight is 469 g/mol. The van der Waals surface area contributed by atoms with Gasteiger partial charge in [0.15, 0.2) is 6.61 Å². The quantitative estimate of drug-likeness (QED) is 0.280. The number of nitrogens with zero attached hydrogens (tertiary/aromatic N) is 1. The van der Waals surface area contributed by atoms with Crippen molar-refractivity contribution in [3.63, 3.8) is 0 Å². The molecule has 33 heavy (non-hydrogen) atoms. The fourth-order valence-corrected chi connectivity index (χ4v) is 2.61. The number of carbonyl (C=O) groups is 3. The zero-order valence-electron chi connectivity index (χ0n) is 17.0. The minimum Gasteiger partial charge on any atom is -0.484 e. The van der Waals surface area contributed by atoms with Crippen molar-refractivity contribution in [3.05, 3.63) is 89.2 Å². The van der Waals surface area contributed by atoms with Crippen LogP contribution in [0.25, 0.3) is 0 Å². The molecular formula is C23H18ClFN4O4. The third-order valence-corrected chi connectivity index (χ3v) is 4.34. The molecule has 0 aromatic heterocycles. The number of hydrogen-bond donors (Lipinski definition) is 3. The standard InChI is InChI=1S/C23H18ClFN4O4/c24-16-7-9-17(10-8-16)27-21(30)14-33-18-11-5-15(6-12-18)13-26-29-23(32)22(31)28-20-4-2-1-3-19(20)25/h1-13H,14H2,(H,27,30)(H,28,31)(H,29,32)/b26-13-. The summed E-state index contributed by atoms with van der Waals surface area (Å²) >= 11 is 5.80. The van der Waals surface area contributed by atoms with Gasteiger partial charge in [-0.2, -0.15) is 5.10 Å².